The summed E-state index contributed by atoms with van der Waals surface area (Å²) in [5, 5.41) is 9.77. The van der Waals surface area contributed by atoms with E-state index in [0.29, 0.717) is 6.42 Å². The van der Waals surface area contributed by atoms with Gasteiger partial charge in [0.05, 0.1) is 12.1 Å². The molecule has 0 amide bonds. The molecule has 0 aliphatic rings. The fraction of sp³-hybridized carbons (Fsp3) is 0.182. The van der Waals surface area contributed by atoms with E-state index >= 15 is 0 Å². The molecule has 3 nitrogen and oxygen atoms in total. The number of rotatable bonds is 2. The van der Waals surface area contributed by atoms with Gasteiger partial charge in [-0.05, 0) is 11.6 Å². The Morgan fingerprint density at radius 1 is 1.43 bits per heavy atom. The maximum Gasteiger partial charge on any atom is 0.0969 e. The first kappa shape index (κ1) is 8.79. The van der Waals surface area contributed by atoms with Crippen molar-refractivity contribution in [3.05, 3.63) is 36.0 Å². The van der Waals surface area contributed by atoms with E-state index < -0.39 is 6.04 Å². The summed E-state index contributed by atoms with van der Waals surface area (Å²) in [7, 11) is 0. The molecule has 0 saturated carbocycles. The van der Waals surface area contributed by atoms with Gasteiger partial charge in [0.1, 0.15) is 0 Å². The van der Waals surface area contributed by atoms with Gasteiger partial charge in [0, 0.05) is 23.5 Å². The average molecular weight is 185 g/mol. The second kappa shape index (κ2) is 3.52. The fourth-order valence-electron chi connectivity index (χ4n) is 1.58. The molecule has 1 atom stereocenters. The molecule has 3 heteroatoms. The number of nitrogens with one attached hydrogen (secondary N) is 1. The molecule has 14 heavy (non-hydrogen) atoms. The third-order valence-corrected chi connectivity index (χ3v) is 2.28. The summed E-state index contributed by atoms with van der Waals surface area (Å²) in [5.41, 5.74) is 7.78. The lowest BCUT2D eigenvalue weighted by atomic mass is 10.1. The number of para-hydroxylation sites is 1. The number of aromatic amines is 1. The van der Waals surface area contributed by atoms with Crippen LogP contribution in [0.3, 0.4) is 0 Å². The second-order valence-corrected chi connectivity index (χ2v) is 3.30. The zero-order valence-electron chi connectivity index (χ0n) is 7.70. The molecule has 0 saturated heterocycles. The third kappa shape index (κ3) is 1.48. The van der Waals surface area contributed by atoms with Crippen LogP contribution in [0.1, 0.15) is 5.56 Å². The van der Waals surface area contributed by atoms with Crippen LogP contribution in [-0.4, -0.2) is 11.0 Å². The Morgan fingerprint density at radius 3 is 3.00 bits per heavy atom. The molecule has 0 spiro atoms. The zero-order valence-corrected chi connectivity index (χ0v) is 7.70. The molecular formula is C11H11N3. The number of nitriles is 1. The topological polar surface area (TPSA) is 65.6 Å². The zero-order chi connectivity index (χ0) is 9.97. The molecule has 1 unspecified atom stereocenters. The van der Waals surface area contributed by atoms with Crippen molar-refractivity contribution in [1.82, 2.24) is 4.98 Å². The molecule has 1 heterocycles. The van der Waals surface area contributed by atoms with Crippen LogP contribution in [0.2, 0.25) is 0 Å². The van der Waals surface area contributed by atoms with E-state index in [1.54, 1.807) is 0 Å². The fourth-order valence-corrected chi connectivity index (χ4v) is 1.58. The highest BCUT2D eigenvalue weighted by Crippen LogP contribution is 2.18. The van der Waals surface area contributed by atoms with Crippen molar-refractivity contribution in [2.75, 3.05) is 0 Å². The SMILES string of the molecule is N#CC(N)Cc1c[nH]c2ccccc12. The molecular weight excluding hydrogens is 174 g/mol. The normalized spacial score (nSPS) is 12.6. The van der Waals surface area contributed by atoms with E-state index in [9.17, 15) is 0 Å². The number of fused-ring (bicyclic) bond motifs is 1. The van der Waals surface area contributed by atoms with Crippen molar-refractivity contribution >= 4 is 10.9 Å². The first-order valence-electron chi connectivity index (χ1n) is 4.51. The number of aromatic nitrogens is 1. The number of nitrogens with two attached hydrogens (primary N) is 1. The Bertz CT molecular complexity index is 478. The minimum atomic E-state index is -0.422. The highest BCUT2D eigenvalue weighted by molar-refractivity contribution is 5.83. The predicted octanol–water partition coefficient (Wildman–Crippen LogP) is 1.56. The van der Waals surface area contributed by atoms with Crippen LogP contribution >= 0.6 is 0 Å². The molecule has 0 aliphatic carbocycles. The van der Waals surface area contributed by atoms with Gasteiger partial charge in [0.15, 0.2) is 0 Å². The van der Waals surface area contributed by atoms with Gasteiger partial charge in [-0.25, -0.2) is 0 Å². The summed E-state index contributed by atoms with van der Waals surface area (Å²) in [6, 6.07) is 9.62. The highest BCUT2D eigenvalue weighted by atomic mass is 14.7. The van der Waals surface area contributed by atoms with Crippen LogP contribution in [-0.2, 0) is 6.42 Å². The molecule has 2 aromatic rings. The van der Waals surface area contributed by atoms with E-state index in [0.717, 1.165) is 16.5 Å². The highest BCUT2D eigenvalue weighted by Gasteiger charge is 2.06. The number of hydrogen-bond donors (Lipinski definition) is 2. The van der Waals surface area contributed by atoms with Gasteiger partial charge in [-0.15, -0.1) is 0 Å². The minimum Gasteiger partial charge on any atom is -0.361 e. The van der Waals surface area contributed by atoms with E-state index in [1.165, 1.54) is 0 Å². The van der Waals surface area contributed by atoms with Gasteiger partial charge in [-0.2, -0.15) is 5.26 Å². The van der Waals surface area contributed by atoms with Gasteiger partial charge in [0.2, 0.25) is 0 Å². The Morgan fingerprint density at radius 2 is 2.21 bits per heavy atom. The summed E-state index contributed by atoms with van der Waals surface area (Å²) < 4.78 is 0. The molecule has 2 rings (SSSR count). The van der Waals surface area contributed by atoms with Gasteiger partial charge in [0.25, 0.3) is 0 Å². The number of benzene rings is 1. The Labute approximate surface area is 82.1 Å². The molecule has 0 fully saturated rings. The number of hydrogen-bond acceptors (Lipinski definition) is 2. The lowest BCUT2D eigenvalue weighted by Gasteiger charge is -2.00. The number of nitrogens with zero attached hydrogens (tertiary/aromatic N) is 1. The van der Waals surface area contributed by atoms with Crippen LogP contribution in [0.4, 0.5) is 0 Å². The van der Waals surface area contributed by atoms with Crippen LogP contribution in [0.25, 0.3) is 10.9 Å². The first-order valence-corrected chi connectivity index (χ1v) is 4.51. The lowest BCUT2D eigenvalue weighted by molar-refractivity contribution is 0.827. The predicted molar refractivity (Wildman–Crippen MR) is 55.6 cm³/mol. The number of H-pyrrole nitrogens is 1. The first-order chi connectivity index (χ1) is 6.81. The van der Waals surface area contributed by atoms with E-state index in [4.69, 9.17) is 11.0 Å². The molecule has 70 valence electrons. The molecule has 0 bridgehead atoms. The second-order valence-electron chi connectivity index (χ2n) is 3.30. The van der Waals surface area contributed by atoms with Crippen LogP contribution < -0.4 is 5.73 Å². The van der Waals surface area contributed by atoms with Crippen molar-refractivity contribution in [3.8, 4) is 6.07 Å². The Hall–Kier alpha value is -1.79. The van der Waals surface area contributed by atoms with Crippen molar-refractivity contribution in [2.24, 2.45) is 5.73 Å². The van der Waals surface area contributed by atoms with Gasteiger partial charge >= 0.3 is 0 Å². The maximum atomic E-state index is 8.62. The summed E-state index contributed by atoms with van der Waals surface area (Å²) in [6.45, 7) is 0. The molecule has 0 aliphatic heterocycles. The van der Waals surface area contributed by atoms with Gasteiger partial charge in [-0.3, -0.25) is 0 Å². The Kier molecular flexibility index (Phi) is 2.21. The molecule has 3 N–H and O–H groups in total. The summed E-state index contributed by atoms with van der Waals surface area (Å²) in [6.07, 6.45) is 2.52. The molecule has 1 aromatic heterocycles. The summed E-state index contributed by atoms with van der Waals surface area (Å²) in [5.74, 6) is 0. The smallest absolute Gasteiger partial charge is 0.0969 e. The third-order valence-electron chi connectivity index (χ3n) is 2.28. The van der Waals surface area contributed by atoms with Gasteiger partial charge < -0.3 is 10.7 Å². The van der Waals surface area contributed by atoms with Gasteiger partial charge in [-0.1, -0.05) is 18.2 Å². The minimum absolute atomic E-state index is 0.422. The summed E-state index contributed by atoms with van der Waals surface area (Å²) in [4.78, 5) is 3.15. The molecule has 1 aromatic carbocycles. The van der Waals surface area contributed by atoms with E-state index in [2.05, 4.69) is 4.98 Å². The van der Waals surface area contributed by atoms with Crippen LogP contribution in [0, 0.1) is 11.3 Å². The maximum absolute atomic E-state index is 8.62. The summed E-state index contributed by atoms with van der Waals surface area (Å²) >= 11 is 0. The van der Waals surface area contributed by atoms with Crippen LogP contribution in [0.5, 0.6) is 0 Å². The lowest BCUT2D eigenvalue weighted by Crippen LogP contribution is -2.19. The average Bonchev–Trinajstić information content (AvgIpc) is 2.62. The van der Waals surface area contributed by atoms with Crippen molar-refractivity contribution in [1.29, 1.82) is 5.26 Å². The largest absolute Gasteiger partial charge is 0.361 e. The van der Waals surface area contributed by atoms with E-state index in [-0.39, 0.29) is 0 Å². The van der Waals surface area contributed by atoms with Crippen molar-refractivity contribution in [3.63, 3.8) is 0 Å². The van der Waals surface area contributed by atoms with Crippen LogP contribution in [0.15, 0.2) is 30.5 Å². The van der Waals surface area contributed by atoms with Crippen molar-refractivity contribution in [2.45, 2.75) is 12.5 Å². The monoisotopic (exact) mass is 185 g/mol. The van der Waals surface area contributed by atoms with E-state index in [1.807, 2.05) is 36.5 Å². The quantitative estimate of drug-likeness (QED) is 0.745. The standard InChI is InChI=1S/C11H11N3/c12-6-9(13)5-8-7-14-11-4-2-1-3-10(8)11/h1-4,7,9,14H,5,13H2. The Balaban J connectivity index is 2.39. The van der Waals surface area contributed by atoms with Crippen molar-refractivity contribution < 1.29 is 0 Å². The molecule has 0 radical (unpaired) electrons.